The van der Waals surface area contributed by atoms with Crippen LogP contribution in [0.15, 0.2) is 12.3 Å². The Hall–Kier alpha value is -0.790. The van der Waals surface area contributed by atoms with E-state index in [0.717, 1.165) is 6.42 Å². The van der Waals surface area contributed by atoms with Gasteiger partial charge in [0.2, 0.25) is 0 Å². The Labute approximate surface area is 56.0 Å². The Morgan fingerprint density at radius 3 is 3.00 bits per heavy atom. The Balaban J connectivity index is 2.94. The zero-order valence-electron chi connectivity index (χ0n) is 5.68. The fraction of sp³-hybridized carbons (Fsp3) is 0.571. The topological polar surface area (TPSA) is 29.1 Å². The van der Waals surface area contributed by atoms with Gasteiger partial charge in [-0.3, -0.25) is 4.79 Å². The first-order valence-corrected chi connectivity index (χ1v) is 3.19. The van der Waals surface area contributed by atoms with Crippen molar-refractivity contribution < 1.29 is 4.79 Å². The largest absolute Gasteiger partial charge is 0.325 e. The van der Waals surface area contributed by atoms with Crippen LogP contribution in [-0.2, 0) is 4.79 Å². The molecule has 0 aromatic heterocycles. The maximum absolute atomic E-state index is 9.55. The van der Waals surface area contributed by atoms with Gasteiger partial charge in [0.1, 0.15) is 0 Å². The van der Waals surface area contributed by atoms with Gasteiger partial charge in [0, 0.05) is 6.20 Å². The molecule has 0 saturated carbocycles. The molecule has 0 aromatic rings. The Morgan fingerprint density at radius 1 is 1.67 bits per heavy atom. The van der Waals surface area contributed by atoms with Crippen LogP contribution in [0.3, 0.4) is 0 Å². The second kappa shape index (κ2) is 7.21. The minimum Gasteiger partial charge on any atom is -0.325 e. The molecule has 0 rings (SSSR count). The molecule has 2 nitrogen and oxygen atoms in total. The average Bonchev–Trinajstić information content (AvgIpc) is 1.89. The van der Waals surface area contributed by atoms with E-state index in [1.807, 2.05) is 6.08 Å². The molecule has 0 spiro atoms. The zero-order valence-corrected chi connectivity index (χ0v) is 5.68. The van der Waals surface area contributed by atoms with E-state index in [2.05, 4.69) is 12.2 Å². The smallest absolute Gasteiger partial charge is 0.313 e. The van der Waals surface area contributed by atoms with Gasteiger partial charge in [-0.2, -0.15) is 0 Å². The molecular weight excluding hydrogens is 114 g/mol. The standard InChI is InChI=1S/C7H12NO/c1-2-3-4-5-6-8-7-9/h5-6H,2-4H2,1H3,(H,8,9). The van der Waals surface area contributed by atoms with Crippen molar-refractivity contribution in [2.45, 2.75) is 26.2 Å². The van der Waals surface area contributed by atoms with Crippen molar-refractivity contribution in [3.8, 4) is 0 Å². The Morgan fingerprint density at radius 2 is 2.44 bits per heavy atom. The van der Waals surface area contributed by atoms with Crippen LogP contribution in [0.5, 0.6) is 0 Å². The summed E-state index contributed by atoms with van der Waals surface area (Å²) in [7, 11) is 0. The van der Waals surface area contributed by atoms with Crippen molar-refractivity contribution in [2.24, 2.45) is 0 Å². The SMILES string of the molecule is CCCCC=CN[C]=O. The summed E-state index contributed by atoms with van der Waals surface area (Å²) in [6.07, 6.45) is 8.50. The molecule has 0 bridgehead atoms. The highest BCUT2D eigenvalue weighted by Gasteiger charge is 1.75. The molecule has 0 aliphatic carbocycles. The predicted octanol–water partition coefficient (Wildman–Crippen LogP) is 1.35. The average molecular weight is 126 g/mol. The van der Waals surface area contributed by atoms with Gasteiger partial charge in [-0.15, -0.1) is 0 Å². The van der Waals surface area contributed by atoms with Gasteiger partial charge in [-0.1, -0.05) is 25.8 Å². The molecule has 9 heavy (non-hydrogen) atoms. The normalized spacial score (nSPS) is 9.89. The molecule has 2 heteroatoms. The Kier molecular flexibility index (Phi) is 6.58. The number of amides is 1. The predicted molar refractivity (Wildman–Crippen MR) is 37.5 cm³/mol. The summed E-state index contributed by atoms with van der Waals surface area (Å²) in [6, 6.07) is 0. The quantitative estimate of drug-likeness (QED) is 0.437. The molecule has 1 radical (unpaired) electrons. The fourth-order valence-electron chi connectivity index (χ4n) is 0.498. The third kappa shape index (κ3) is 7.21. The van der Waals surface area contributed by atoms with E-state index >= 15 is 0 Å². The van der Waals surface area contributed by atoms with E-state index in [4.69, 9.17) is 0 Å². The fourth-order valence-corrected chi connectivity index (χ4v) is 0.498. The molecule has 0 heterocycles. The second-order valence-corrected chi connectivity index (χ2v) is 1.79. The summed E-state index contributed by atoms with van der Waals surface area (Å²) in [4.78, 5) is 9.55. The molecule has 0 atom stereocenters. The molecule has 0 aliphatic heterocycles. The molecule has 0 fully saturated rings. The van der Waals surface area contributed by atoms with Gasteiger partial charge in [0.25, 0.3) is 0 Å². The van der Waals surface area contributed by atoms with Gasteiger partial charge in [0.15, 0.2) is 0 Å². The number of nitrogens with one attached hydrogen (secondary N) is 1. The van der Waals surface area contributed by atoms with Gasteiger partial charge in [0.05, 0.1) is 0 Å². The lowest BCUT2D eigenvalue weighted by atomic mass is 10.2. The van der Waals surface area contributed by atoms with Crippen LogP contribution in [0.4, 0.5) is 0 Å². The molecule has 0 aliphatic rings. The molecule has 1 N–H and O–H groups in total. The Bertz CT molecular complexity index is 88.9. The minimum absolute atomic E-state index is 1.03. The first-order valence-electron chi connectivity index (χ1n) is 3.19. The third-order valence-corrected chi connectivity index (χ3v) is 0.984. The van der Waals surface area contributed by atoms with Crippen LogP contribution in [-0.4, -0.2) is 6.41 Å². The van der Waals surface area contributed by atoms with Crippen LogP contribution in [0, 0.1) is 0 Å². The van der Waals surface area contributed by atoms with Crippen LogP contribution >= 0.6 is 0 Å². The molecule has 51 valence electrons. The summed E-state index contributed by atoms with van der Waals surface area (Å²) < 4.78 is 0. The van der Waals surface area contributed by atoms with Crippen LogP contribution in [0.25, 0.3) is 0 Å². The van der Waals surface area contributed by atoms with Gasteiger partial charge in [-0.05, 0) is 6.42 Å². The molecule has 0 aromatic carbocycles. The van der Waals surface area contributed by atoms with Crippen LogP contribution < -0.4 is 5.32 Å². The molecule has 1 amide bonds. The molecule has 0 unspecified atom stereocenters. The maximum atomic E-state index is 9.55. The van der Waals surface area contributed by atoms with Crippen LogP contribution in [0.1, 0.15) is 26.2 Å². The first-order chi connectivity index (χ1) is 4.41. The van der Waals surface area contributed by atoms with Crippen molar-refractivity contribution in [1.82, 2.24) is 5.32 Å². The summed E-state index contributed by atoms with van der Waals surface area (Å²) in [6.45, 7) is 2.13. The minimum atomic E-state index is 1.03. The summed E-state index contributed by atoms with van der Waals surface area (Å²) in [5.41, 5.74) is 0. The maximum Gasteiger partial charge on any atom is 0.313 e. The number of hydrogen-bond donors (Lipinski definition) is 1. The van der Waals surface area contributed by atoms with Gasteiger partial charge >= 0.3 is 6.41 Å². The lowest BCUT2D eigenvalue weighted by Crippen LogP contribution is -1.97. The van der Waals surface area contributed by atoms with Crippen LogP contribution in [0.2, 0.25) is 0 Å². The van der Waals surface area contributed by atoms with E-state index in [0.29, 0.717) is 0 Å². The van der Waals surface area contributed by atoms with Gasteiger partial charge < -0.3 is 5.32 Å². The lowest BCUT2D eigenvalue weighted by molar-refractivity contribution is 0.550. The highest BCUT2D eigenvalue weighted by molar-refractivity contribution is 5.48. The summed E-state index contributed by atoms with van der Waals surface area (Å²) >= 11 is 0. The number of rotatable bonds is 5. The number of allylic oxidation sites excluding steroid dienone is 1. The summed E-state index contributed by atoms with van der Waals surface area (Å²) in [5.74, 6) is 0. The number of unbranched alkanes of at least 4 members (excludes halogenated alkanes) is 2. The summed E-state index contributed by atoms with van der Waals surface area (Å²) in [5, 5.41) is 2.32. The number of carbonyl (C=O) groups excluding carboxylic acids is 1. The van der Waals surface area contributed by atoms with E-state index < -0.39 is 0 Å². The van der Waals surface area contributed by atoms with E-state index in [-0.39, 0.29) is 0 Å². The highest BCUT2D eigenvalue weighted by Crippen LogP contribution is 1.92. The zero-order chi connectivity index (χ0) is 6.95. The van der Waals surface area contributed by atoms with Crippen molar-refractivity contribution in [1.29, 1.82) is 0 Å². The first kappa shape index (κ1) is 8.21. The van der Waals surface area contributed by atoms with Crippen molar-refractivity contribution >= 4 is 6.41 Å². The lowest BCUT2D eigenvalue weighted by Gasteiger charge is -1.86. The van der Waals surface area contributed by atoms with Gasteiger partial charge in [-0.25, -0.2) is 0 Å². The van der Waals surface area contributed by atoms with E-state index in [1.54, 1.807) is 12.6 Å². The molecule has 0 saturated heterocycles. The van der Waals surface area contributed by atoms with Crippen molar-refractivity contribution in [3.05, 3.63) is 12.3 Å². The number of hydrogen-bond acceptors (Lipinski definition) is 1. The second-order valence-electron chi connectivity index (χ2n) is 1.79. The monoisotopic (exact) mass is 126 g/mol. The highest BCUT2D eigenvalue weighted by atomic mass is 16.1. The van der Waals surface area contributed by atoms with Crippen molar-refractivity contribution in [3.63, 3.8) is 0 Å². The molecular formula is C7H12NO. The van der Waals surface area contributed by atoms with E-state index in [1.165, 1.54) is 12.8 Å². The third-order valence-electron chi connectivity index (χ3n) is 0.984. The van der Waals surface area contributed by atoms with E-state index in [9.17, 15) is 4.79 Å². The van der Waals surface area contributed by atoms with Crippen molar-refractivity contribution in [2.75, 3.05) is 0 Å².